The molecular formula is C98H187O17P-2. The smallest absolute Gasteiger partial charge is 0.311 e. The number of ketones is 1. The van der Waals surface area contributed by atoms with Crippen LogP contribution in [0.15, 0.2) is 0 Å². The van der Waals surface area contributed by atoms with Gasteiger partial charge in [-0.15, -0.1) is 0 Å². The molecule has 0 aromatic heterocycles. The molecule has 16 atom stereocenters. The van der Waals surface area contributed by atoms with Gasteiger partial charge >= 0.3 is 5.97 Å². The Kier molecular flexibility index (Phi) is 69.7. The SMILES string of the molecule is CCCCCCCCCCCCCCCCCCCCCCCCCCC(C(=O)OC[C@H]1O[C@H](O[C@H]2O[C@H](COP(=O)([O-])[O-])[C@@H](O)[C@H](O)[C@H]2O)[C@H](O)[C@@H](O)[C@@H]1O)[C@H](O)CCCCCCCCCCCCCCCCC1CC1C(C)CCCCCCCCCCCCCCCCC(=O)C(C)CCCCCCCCCCCCCCCCC. The van der Waals surface area contributed by atoms with E-state index in [0.717, 1.165) is 82.0 Å². The van der Waals surface area contributed by atoms with Crippen LogP contribution in [-0.4, -0.2) is 128 Å². The largest absolute Gasteiger partial charge is 0.790 e. The lowest BCUT2D eigenvalue weighted by atomic mass is 9.91. The first-order chi connectivity index (χ1) is 56.4. The van der Waals surface area contributed by atoms with Gasteiger partial charge in [0.15, 0.2) is 12.6 Å². The number of aliphatic hydroxyl groups is 7. The van der Waals surface area contributed by atoms with Crippen LogP contribution in [0.1, 0.15) is 503 Å². The van der Waals surface area contributed by atoms with E-state index in [1.165, 1.54) is 392 Å². The summed E-state index contributed by atoms with van der Waals surface area (Å²) in [4.78, 5) is 48.9. The first kappa shape index (κ1) is 109. The predicted molar refractivity (Wildman–Crippen MR) is 472 cm³/mol. The van der Waals surface area contributed by atoms with Crippen LogP contribution >= 0.6 is 7.82 Å². The van der Waals surface area contributed by atoms with Crippen LogP contribution in [0, 0.1) is 29.6 Å². The van der Waals surface area contributed by atoms with E-state index < -0.39 is 100 Å². The van der Waals surface area contributed by atoms with Gasteiger partial charge in [-0.2, -0.15) is 0 Å². The Bertz CT molecular complexity index is 2240. The normalized spacial score (nSPS) is 22.8. The van der Waals surface area contributed by atoms with E-state index in [0.29, 0.717) is 25.0 Å². The lowest BCUT2D eigenvalue weighted by Gasteiger charge is -2.45. The van der Waals surface area contributed by atoms with Gasteiger partial charge in [-0.05, 0) is 49.9 Å². The Balaban J connectivity index is 1.17. The topological polar surface area (TPSA) is 285 Å². The Hall–Kier alpha value is -1.15. The maximum Gasteiger partial charge on any atom is 0.311 e. The fraction of sp³-hybridized carbons (Fsp3) is 0.980. The van der Waals surface area contributed by atoms with Crippen molar-refractivity contribution in [3.8, 4) is 0 Å². The third kappa shape index (κ3) is 57.4. The van der Waals surface area contributed by atoms with E-state index in [1.807, 2.05) is 0 Å². The lowest BCUT2D eigenvalue weighted by molar-refractivity contribution is -0.379. The first-order valence-corrected chi connectivity index (χ1v) is 51.9. The van der Waals surface area contributed by atoms with E-state index in [2.05, 4.69) is 32.2 Å². The summed E-state index contributed by atoms with van der Waals surface area (Å²) in [6.45, 7) is 7.65. The second-order valence-corrected chi connectivity index (χ2v) is 38.5. The molecule has 7 N–H and O–H groups in total. The van der Waals surface area contributed by atoms with E-state index in [1.54, 1.807) is 0 Å². The van der Waals surface area contributed by atoms with Crippen molar-refractivity contribution in [1.82, 2.24) is 0 Å². The van der Waals surface area contributed by atoms with Crippen LogP contribution in [0.5, 0.6) is 0 Å². The predicted octanol–water partition coefficient (Wildman–Crippen LogP) is 24.0. The van der Waals surface area contributed by atoms with Gasteiger partial charge in [0.05, 0.1) is 26.5 Å². The average Bonchev–Trinajstić information content (AvgIpc) is 1.02. The van der Waals surface area contributed by atoms with E-state index in [4.69, 9.17) is 18.9 Å². The molecule has 17 nitrogen and oxygen atoms in total. The van der Waals surface area contributed by atoms with Gasteiger partial charge < -0.3 is 73.6 Å². The summed E-state index contributed by atoms with van der Waals surface area (Å²) in [6.07, 6.45) is 75.5. The summed E-state index contributed by atoms with van der Waals surface area (Å²) >= 11 is 0. The molecule has 0 radical (unpaired) electrons. The number of carbonyl (C=O) groups is 2. The Morgan fingerprint density at radius 2 is 0.647 bits per heavy atom. The molecule has 3 fully saturated rings. The molecule has 116 heavy (non-hydrogen) atoms. The summed E-state index contributed by atoms with van der Waals surface area (Å²) in [5.41, 5.74) is 0. The minimum absolute atomic E-state index is 0.260. The van der Waals surface area contributed by atoms with Gasteiger partial charge in [0.1, 0.15) is 61.2 Å². The van der Waals surface area contributed by atoms with Crippen LogP contribution in [-0.2, 0) is 37.6 Å². The molecule has 2 heterocycles. The van der Waals surface area contributed by atoms with Gasteiger partial charge in [0, 0.05) is 12.3 Å². The molecule has 2 aliphatic heterocycles. The van der Waals surface area contributed by atoms with Gasteiger partial charge in [-0.25, -0.2) is 0 Å². The van der Waals surface area contributed by atoms with Crippen LogP contribution in [0.3, 0.4) is 0 Å². The quantitative estimate of drug-likeness (QED) is 0.0169. The molecule has 3 aliphatic rings. The van der Waals surface area contributed by atoms with Crippen molar-refractivity contribution < 1.29 is 83.2 Å². The van der Waals surface area contributed by atoms with Gasteiger partial charge in [-0.1, -0.05) is 464 Å². The van der Waals surface area contributed by atoms with Crippen molar-refractivity contribution in [2.45, 2.75) is 570 Å². The fourth-order valence-electron chi connectivity index (χ4n) is 18.4. The van der Waals surface area contributed by atoms with Crippen LogP contribution < -0.4 is 9.79 Å². The number of esters is 1. The Morgan fingerprint density at radius 1 is 0.362 bits per heavy atom. The van der Waals surface area contributed by atoms with E-state index in [-0.39, 0.29) is 5.92 Å². The minimum atomic E-state index is -5.53. The lowest BCUT2D eigenvalue weighted by Crippen LogP contribution is -2.64. The fourth-order valence-corrected chi connectivity index (χ4v) is 18.7. The van der Waals surface area contributed by atoms with Crippen LogP contribution in [0.2, 0.25) is 0 Å². The number of phosphoric acid groups is 1. The molecule has 1 saturated carbocycles. The van der Waals surface area contributed by atoms with Crippen molar-refractivity contribution in [3.05, 3.63) is 0 Å². The maximum atomic E-state index is 13.9. The molecule has 1 aliphatic carbocycles. The third-order valence-corrected chi connectivity index (χ3v) is 27.1. The van der Waals surface area contributed by atoms with Crippen LogP contribution in [0.4, 0.5) is 0 Å². The third-order valence-electron chi connectivity index (χ3n) is 26.7. The molecule has 0 amide bonds. The average molecular weight is 1670 g/mol. The molecule has 688 valence electrons. The van der Waals surface area contributed by atoms with E-state index in [9.17, 15) is 59.7 Å². The molecule has 0 aromatic rings. The highest BCUT2D eigenvalue weighted by Gasteiger charge is 2.50. The monoisotopic (exact) mass is 1670 g/mol. The second-order valence-electron chi connectivity index (χ2n) is 37.4. The summed E-state index contributed by atoms with van der Waals surface area (Å²) in [5, 5.41) is 75.7. The summed E-state index contributed by atoms with van der Waals surface area (Å²) in [7, 11) is -5.53. The zero-order valence-electron chi connectivity index (χ0n) is 75.6. The van der Waals surface area contributed by atoms with Crippen molar-refractivity contribution in [2.24, 2.45) is 29.6 Å². The van der Waals surface area contributed by atoms with Gasteiger partial charge in [-0.3, -0.25) is 9.59 Å². The van der Waals surface area contributed by atoms with Crippen molar-refractivity contribution >= 4 is 19.6 Å². The van der Waals surface area contributed by atoms with Crippen molar-refractivity contribution in [2.75, 3.05) is 13.2 Å². The zero-order chi connectivity index (χ0) is 84.2. The van der Waals surface area contributed by atoms with Gasteiger partial charge in [0.2, 0.25) is 0 Å². The number of phosphoric ester groups is 1. The second kappa shape index (κ2) is 74.1. The highest BCUT2D eigenvalue weighted by molar-refractivity contribution is 7.43. The highest BCUT2D eigenvalue weighted by atomic mass is 31.2. The highest BCUT2D eigenvalue weighted by Crippen LogP contribution is 2.49. The minimum Gasteiger partial charge on any atom is -0.790 e. The van der Waals surface area contributed by atoms with Gasteiger partial charge in [0.25, 0.3) is 0 Å². The number of hydrogen-bond acceptors (Lipinski definition) is 17. The zero-order valence-corrected chi connectivity index (χ0v) is 76.5. The molecule has 3 rings (SSSR count). The number of hydrogen-bond donors (Lipinski definition) is 7. The number of rotatable bonds is 86. The summed E-state index contributed by atoms with van der Waals surface area (Å²) < 4.78 is 37.7. The maximum absolute atomic E-state index is 13.9. The number of unbranched alkanes of at least 4 members (excludes halogenated alkanes) is 63. The number of Topliss-reactive ketones (excluding diaryl/α,β-unsaturated/α-hetero) is 1. The number of aliphatic hydroxyl groups excluding tert-OH is 7. The molecule has 0 aromatic carbocycles. The van der Waals surface area contributed by atoms with Crippen molar-refractivity contribution in [3.63, 3.8) is 0 Å². The molecule has 0 bridgehead atoms. The molecule has 5 unspecified atom stereocenters. The number of ether oxygens (including phenoxy) is 4. The molecule has 0 spiro atoms. The molecule has 18 heteroatoms. The molecule has 2 saturated heterocycles. The molecular weight excluding hydrogens is 1480 g/mol. The standard InChI is InChI=1S/C98H189O17P/c1-5-7-9-11-13-15-17-19-21-22-23-24-25-26-27-28-29-31-39-45-51-57-63-69-75-84(96(107)111-79-88-90(101)92(103)94(105)97(113-88)115-98-95(106)93(104)91(102)89(114-98)80-112-116(108,109)110)87(100)77-71-65-59-53-47-41-35-33-38-44-50-56-62-68-74-83-78-85(83)81(3)72-66-60-54-48-42-36-32-34-40-46-52-58-64-70-76-86(99)82(4)73-67-61-55-49-43-37-30-20-18-16-14-12-10-8-6-2/h81-85,87-95,97-98,100-106H,5-80H2,1-4H3,(H2,108,109,110)/p-2/t81?,82?,83?,84?,85?,87-,88-,89-,90-,91-,92+,93+,94-,95-,97-,98-/m1/s1. The Morgan fingerprint density at radius 3 is 0.983 bits per heavy atom. The summed E-state index contributed by atoms with van der Waals surface area (Å²) in [5.74, 6) is 2.13. The Labute approximate surface area is 712 Å². The first-order valence-electron chi connectivity index (χ1n) is 50.5. The summed E-state index contributed by atoms with van der Waals surface area (Å²) in [6, 6.07) is 0. The van der Waals surface area contributed by atoms with E-state index >= 15 is 0 Å². The number of carbonyl (C=O) groups excluding carboxylic acids is 2. The van der Waals surface area contributed by atoms with Crippen LogP contribution in [0.25, 0.3) is 0 Å². The van der Waals surface area contributed by atoms with Crippen molar-refractivity contribution in [1.29, 1.82) is 0 Å².